The van der Waals surface area contributed by atoms with Crippen LogP contribution in [-0.2, 0) is 9.53 Å². The van der Waals surface area contributed by atoms with Gasteiger partial charge in [-0.3, -0.25) is 4.79 Å². The summed E-state index contributed by atoms with van der Waals surface area (Å²) in [6, 6.07) is 1.82. The van der Waals surface area contributed by atoms with Crippen LogP contribution in [0.1, 0.15) is 31.2 Å². The summed E-state index contributed by atoms with van der Waals surface area (Å²) in [5.74, 6) is -0.0384. The molecule has 1 amide bonds. The van der Waals surface area contributed by atoms with E-state index in [2.05, 4.69) is 10.3 Å². The maximum Gasteiger partial charge on any atom is 0.224 e. The highest BCUT2D eigenvalue weighted by atomic mass is 35.5. The Hall–Kier alpha value is -1.13. The number of carbonyl (C=O) groups excluding carboxylic acids is 1. The van der Waals surface area contributed by atoms with E-state index >= 15 is 0 Å². The monoisotopic (exact) mass is 268 g/mol. The van der Waals surface area contributed by atoms with Crippen molar-refractivity contribution in [3.63, 3.8) is 0 Å². The molecule has 98 valence electrons. The number of amides is 1. The maximum absolute atomic E-state index is 11.8. The molecular weight excluding hydrogens is 252 g/mol. The van der Waals surface area contributed by atoms with E-state index in [-0.39, 0.29) is 12.0 Å². The van der Waals surface area contributed by atoms with Gasteiger partial charge in [-0.2, -0.15) is 0 Å². The second kappa shape index (κ2) is 6.16. The third-order valence-corrected chi connectivity index (χ3v) is 3.38. The Morgan fingerprint density at radius 1 is 1.67 bits per heavy atom. The highest BCUT2D eigenvalue weighted by Crippen LogP contribution is 2.23. The Labute approximate surface area is 112 Å². The lowest BCUT2D eigenvalue weighted by molar-refractivity contribution is -0.116. The van der Waals surface area contributed by atoms with Gasteiger partial charge in [0.15, 0.2) is 5.15 Å². The predicted octanol–water partition coefficient (Wildman–Crippen LogP) is 2.94. The first-order chi connectivity index (χ1) is 8.66. The van der Waals surface area contributed by atoms with Crippen LogP contribution in [-0.4, -0.2) is 23.6 Å². The molecule has 0 saturated carbocycles. The lowest BCUT2D eigenvalue weighted by Crippen LogP contribution is -2.16. The standard InChI is InChI=1S/C13H17ClN2O2/c1-9-6-7-15-13(14)12(9)16-11(17)5-4-10-3-2-8-18-10/h6-7,10H,2-5,8H2,1H3,(H,16,17). The lowest BCUT2D eigenvalue weighted by Gasteiger charge is -2.11. The molecule has 1 aliphatic heterocycles. The van der Waals surface area contributed by atoms with E-state index in [0.29, 0.717) is 17.3 Å². The van der Waals surface area contributed by atoms with Crippen molar-refractivity contribution in [2.45, 2.75) is 38.7 Å². The Morgan fingerprint density at radius 2 is 2.50 bits per heavy atom. The third kappa shape index (κ3) is 3.43. The summed E-state index contributed by atoms with van der Waals surface area (Å²) in [7, 11) is 0. The van der Waals surface area contributed by atoms with Gasteiger partial charge in [-0.1, -0.05) is 11.6 Å². The number of aryl methyl sites for hydroxylation is 1. The molecule has 0 bridgehead atoms. The van der Waals surface area contributed by atoms with Crippen LogP contribution in [0.5, 0.6) is 0 Å². The fourth-order valence-corrected chi connectivity index (χ4v) is 2.29. The average Bonchev–Trinajstić information content (AvgIpc) is 2.84. The Balaban J connectivity index is 1.86. The summed E-state index contributed by atoms with van der Waals surface area (Å²) in [6.45, 7) is 2.71. The number of nitrogens with one attached hydrogen (secondary N) is 1. The largest absolute Gasteiger partial charge is 0.378 e. The molecule has 2 rings (SSSR count). The van der Waals surface area contributed by atoms with Gasteiger partial charge < -0.3 is 10.1 Å². The van der Waals surface area contributed by atoms with Crippen molar-refractivity contribution in [2.75, 3.05) is 11.9 Å². The summed E-state index contributed by atoms with van der Waals surface area (Å²) in [4.78, 5) is 15.8. The van der Waals surface area contributed by atoms with Crippen molar-refractivity contribution in [2.24, 2.45) is 0 Å². The number of nitrogens with zero attached hydrogens (tertiary/aromatic N) is 1. The van der Waals surface area contributed by atoms with Crippen LogP contribution in [0.2, 0.25) is 5.15 Å². The number of carbonyl (C=O) groups is 1. The number of pyridine rings is 1. The lowest BCUT2D eigenvalue weighted by atomic mass is 10.1. The minimum absolute atomic E-state index is 0.0384. The van der Waals surface area contributed by atoms with Crippen LogP contribution in [0, 0.1) is 6.92 Å². The van der Waals surface area contributed by atoms with Crippen LogP contribution in [0.3, 0.4) is 0 Å². The Kier molecular flexibility index (Phi) is 4.55. The number of aromatic nitrogens is 1. The molecule has 1 saturated heterocycles. The van der Waals surface area contributed by atoms with E-state index < -0.39 is 0 Å². The van der Waals surface area contributed by atoms with Gasteiger partial charge in [0.2, 0.25) is 5.91 Å². The molecule has 0 aliphatic carbocycles. The van der Waals surface area contributed by atoms with Crippen molar-refractivity contribution in [3.8, 4) is 0 Å². The first-order valence-corrected chi connectivity index (χ1v) is 6.57. The van der Waals surface area contributed by atoms with Crippen LogP contribution in [0.15, 0.2) is 12.3 Å². The normalized spacial score (nSPS) is 18.9. The molecule has 1 unspecified atom stereocenters. The molecule has 5 heteroatoms. The van der Waals surface area contributed by atoms with E-state index in [9.17, 15) is 4.79 Å². The molecule has 1 fully saturated rings. The second-order valence-corrected chi connectivity index (χ2v) is 4.87. The first-order valence-electron chi connectivity index (χ1n) is 6.19. The summed E-state index contributed by atoms with van der Waals surface area (Å²) in [5, 5.41) is 3.15. The van der Waals surface area contributed by atoms with Gasteiger partial charge in [0.05, 0.1) is 11.8 Å². The zero-order chi connectivity index (χ0) is 13.0. The molecule has 4 nitrogen and oxygen atoms in total. The van der Waals surface area contributed by atoms with Gasteiger partial charge in [0.25, 0.3) is 0 Å². The summed E-state index contributed by atoms with van der Waals surface area (Å²) >= 11 is 5.95. The van der Waals surface area contributed by atoms with Crippen molar-refractivity contribution < 1.29 is 9.53 Å². The zero-order valence-corrected chi connectivity index (χ0v) is 11.2. The molecule has 1 aromatic heterocycles. The summed E-state index contributed by atoms with van der Waals surface area (Å²) in [5.41, 5.74) is 1.52. The minimum Gasteiger partial charge on any atom is -0.378 e. The van der Waals surface area contributed by atoms with Crippen molar-refractivity contribution >= 4 is 23.2 Å². The summed E-state index contributed by atoms with van der Waals surface area (Å²) in [6.07, 6.45) is 5.23. The van der Waals surface area contributed by atoms with Gasteiger partial charge in [-0.25, -0.2) is 4.98 Å². The van der Waals surface area contributed by atoms with Crippen LogP contribution >= 0.6 is 11.6 Å². The van der Waals surface area contributed by atoms with Crippen molar-refractivity contribution in [3.05, 3.63) is 23.0 Å². The smallest absolute Gasteiger partial charge is 0.224 e. The average molecular weight is 269 g/mol. The molecule has 0 aromatic carbocycles. The van der Waals surface area contributed by atoms with E-state index in [4.69, 9.17) is 16.3 Å². The number of ether oxygens (including phenoxy) is 1. The number of halogens is 1. The maximum atomic E-state index is 11.8. The Bertz CT molecular complexity index is 411. The molecule has 1 aliphatic rings. The summed E-state index contributed by atoms with van der Waals surface area (Å²) < 4.78 is 5.48. The topological polar surface area (TPSA) is 51.2 Å². The van der Waals surface area contributed by atoms with Crippen LogP contribution < -0.4 is 5.32 Å². The molecule has 18 heavy (non-hydrogen) atoms. The minimum atomic E-state index is -0.0384. The van der Waals surface area contributed by atoms with Gasteiger partial charge >= 0.3 is 0 Å². The molecular formula is C13H17ClN2O2. The highest BCUT2D eigenvalue weighted by Gasteiger charge is 2.17. The SMILES string of the molecule is Cc1ccnc(Cl)c1NC(=O)CCC1CCCO1. The van der Waals surface area contributed by atoms with Crippen molar-refractivity contribution in [1.29, 1.82) is 0 Å². The molecule has 1 aromatic rings. The molecule has 0 spiro atoms. The fraction of sp³-hybridized carbons (Fsp3) is 0.538. The molecule has 1 atom stereocenters. The number of hydrogen-bond donors (Lipinski definition) is 1. The second-order valence-electron chi connectivity index (χ2n) is 4.52. The van der Waals surface area contributed by atoms with Gasteiger partial charge in [0.1, 0.15) is 0 Å². The predicted molar refractivity (Wildman–Crippen MR) is 70.8 cm³/mol. The number of hydrogen-bond acceptors (Lipinski definition) is 3. The quantitative estimate of drug-likeness (QED) is 0.854. The van der Waals surface area contributed by atoms with Gasteiger partial charge in [0, 0.05) is 19.2 Å². The van der Waals surface area contributed by atoms with Gasteiger partial charge in [-0.15, -0.1) is 0 Å². The fourth-order valence-electron chi connectivity index (χ4n) is 2.04. The van der Waals surface area contributed by atoms with Crippen LogP contribution in [0.25, 0.3) is 0 Å². The highest BCUT2D eigenvalue weighted by molar-refractivity contribution is 6.32. The van der Waals surface area contributed by atoms with Gasteiger partial charge in [-0.05, 0) is 37.8 Å². The number of rotatable bonds is 4. The number of anilines is 1. The zero-order valence-electron chi connectivity index (χ0n) is 10.4. The molecule has 2 heterocycles. The molecule has 1 N–H and O–H groups in total. The molecule has 0 radical (unpaired) electrons. The van der Waals surface area contributed by atoms with E-state index in [1.807, 2.05) is 13.0 Å². The first kappa shape index (κ1) is 13.3. The van der Waals surface area contributed by atoms with Crippen LogP contribution in [0.4, 0.5) is 5.69 Å². The third-order valence-electron chi connectivity index (χ3n) is 3.09. The van der Waals surface area contributed by atoms with Crippen molar-refractivity contribution in [1.82, 2.24) is 4.98 Å². The Morgan fingerprint density at radius 3 is 3.17 bits per heavy atom. The van der Waals surface area contributed by atoms with E-state index in [0.717, 1.165) is 31.4 Å². The van der Waals surface area contributed by atoms with E-state index in [1.165, 1.54) is 0 Å². The van der Waals surface area contributed by atoms with E-state index in [1.54, 1.807) is 6.20 Å².